The first-order valence-corrected chi connectivity index (χ1v) is 4.39. The quantitative estimate of drug-likeness (QED) is 0.706. The minimum atomic E-state index is -0.344. The van der Waals surface area contributed by atoms with Gasteiger partial charge in [-0.2, -0.15) is 0 Å². The highest BCUT2D eigenvalue weighted by Crippen LogP contribution is 2.13. The van der Waals surface area contributed by atoms with E-state index in [0.29, 0.717) is 0 Å². The monoisotopic (exact) mass is 186 g/mol. The number of esters is 1. The largest absolute Gasteiger partial charge is 0.469 e. The standard InChI is InChI=1S/C7H10N2O2S/c1-11-7(10)2-5(8)6-3-12-4-9-6/h3-5H,2,8H2,1H3. The van der Waals surface area contributed by atoms with Crippen molar-refractivity contribution in [3.63, 3.8) is 0 Å². The number of aromatic nitrogens is 1. The fraction of sp³-hybridized carbons (Fsp3) is 0.429. The topological polar surface area (TPSA) is 65.2 Å². The summed E-state index contributed by atoms with van der Waals surface area (Å²) in [6, 6.07) is -0.344. The number of hydrogen-bond acceptors (Lipinski definition) is 5. The second-order valence-electron chi connectivity index (χ2n) is 2.30. The molecule has 0 fully saturated rings. The van der Waals surface area contributed by atoms with E-state index < -0.39 is 0 Å². The first-order chi connectivity index (χ1) is 5.74. The Morgan fingerprint density at radius 1 is 1.92 bits per heavy atom. The smallest absolute Gasteiger partial charge is 0.307 e. The summed E-state index contributed by atoms with van der Waals surface area (Å²) in [4.78, 5) is 14.8. The predicted octanol–water partition coefficient (Wildman–Crippen LogP) is 0.706. The zero-order chi connectivity index (χ0) is 8.97. The summed E-state index contributed by atoms with van der Waals surface area (Å²) in [6.45, 7) is 0. The molecule has 1 aromatic rings. The van der Waals surface area contributed by atoms with Gasteiger partial charge in [-0.05, 0) is 0 Å². The molecule has 66 valence electrons. The van der Waals surface area contributed by atoms with Gasteiger partial charge in [-0.25, -0.2) is 4.98 Å². The van der Waals surface area contributed by atoms with E-state index in [0.717, 1.165) is 5.69 Å². The van der Waals surface area contributed by atoms with E-state index in [9.17, 15) is 4.79 Å². The van der Waals surface area contributed by atoms with Crippen LogP contribution in [0.2, 0.25) is 0 Å². The lowest BCUT2D eigenvalue weighted by atomic mass is 10.2. The maximum Gasteiger partial charge on any atom is 0.307 e. The molecular formula is C7H10N2O2S. The summed E-state index contributed by atoms with van der Waals surface area (Å²) < 4.78 is 4.48. The predicted molar refractivity (Wildman–Crippen MR) is 45.7 cm³/mol. The summed E-state index contributed by atoms with van der Waals surface area (Å²) in [6.07, 6.45) is 0.181. The minimum Gasteiger partial charge on any atom is -0.469 e. The van der Waals surface area contributed by atoms with Gasteiger partial charge in [-0.3, -0.25) is 4.79 Å². The van der Waals surface area contributed by atoms with Crippen LogP contribution in [-0.4, -0.2) is 18.1 Å². The molecule has 0 saturated heterocycles. The maximum absolute atomic E-state index is 10.8. The molecule has 1 heterocycles. The highest BCUT2D eigenvalue weighted by molar-refractivity contribution is 7.07. The first-order valence-electron chi connectivity index (χ1n) is 3.44. The van der Waals surface area contributed by atoms with E-state index in [1.165, 1.54) is 18.4 Å². The van der Waals surface area contributed by atoms with Crippen LogP contribution in [0.3, 0.4) is 0 Å². The average molecular weight is 186 g/mol. The zero-order valence-electron chi connectivity index (χ0n) is 6.69. The molecule has 1 aromatic heterocycles. The summed E-state index contributed by atoms with van der Waals surface area (Å²) in [5, 5.41) is 1.83. The number of hydrogen-bond donors (Lipinski definition) is 1. The van der Waals surface area contributed by atoms with Gasteiger partial charge in [-0.15, -0.1) is 11.3 Å². The number of ether oxygens (including phenoxy) is 1. The number of rotatable bonds is 3. The molecular weight excluding hydrogens is 176 g/mol. The van der Waals surface area contributed by atoms with Crippen molar-refractivity contribution in [2.24, 2.45) is 5.73 Å². The van der Waals surface area contributed by atoms with Crippen LogP contribution in [0.15, 0.2) is 10.9 Å². The van der Waals surface area contributed by atoms with Gasteiger partial charge in [0.15, 0.2) is 0 Å². The van der Waals surface area contributed by atoms with Crippen LogP contribution < -0.4 is 5.73 Å². The molecule has 12 heavy (non-hydrogen) atoms. The van der Waals surface area contributed by atoms with Gasteiger partial charge in [0, 0.05) is 5.38 Å². The van der Waals surface area contributed by atoms with Crippen molar-refractivity contribution in [3.8, 4) is 0 Å². The molecule has 0 saturated carbocycles. The normalized spacial score (nSPS) is 12.5. The highest BCUT2D eigenvalue weighted by Gasteiger charge is 2.12. The van der Waals surface area contributed by atoms with Gasteiger partial charge < -0.3 is 10.5 Å². The lowest BCUT2D eigenvalue weighted by Crippen LogP contribution is -2.16. The molecule has 0 amide bonds. The van der Waals surface area contributed by atoms with Crippen LogP contribution >= 0.6 is 11.3 Å². The van der Waals surface area contributed by atoms with E-state index in [1.807, 2.05) is 5.38 Å². The Kier molecular flexibility index (Phi) is 3.19. The van der Waals surface area contributed by atoms with Gasteiger partial charge in [-0.1, -0.05) is 0 Å². The van der Waals surface area contributed by atoms with Crippen molar-refractivity contribution in [2.75, 3.05) is 7.11 Å². The third-order valence-electron chi connectivity index (χ3n) is 1.45. The average Bonchev–Trinajstić information content (AvgIpc) is 2.56. The molecule has 0 radical (unpaired) electrons. The Bertz CT molecular complexity index is 248. The van der Waals surface area contributed by atoms with Crippen LogP contribution in [-0.2, 0) is 9.53 Å². The Labute approximate surface area is 74.4 Å². The summed E-state index contributed by atoms with van der Waals surface area (Å²) >= 11 is 1.46. The molecule has 4 nitrogen and oxygen atoms in total. The van der Waals surface area contributed by atoms with Gasteiger partial charge in [0.05, 0.1) is 30.8 Å². The van der Waals surface area contributed by atoms with E-state index in [4.69, 9.17) is 5.73 Å². The minimum absolute atomic E-state index is 0.181. The lowest BCUT2D eigenvalue weighted by Gasteiger charge is -2.05. The van der Waals surface area contributed by atoms with E-state index in [2.05, 4.69) is 9.72 Å². The number of thiazole rings is 1. The Morgan fingerprint density at radius 3 is 3.17 bits per heavy atom. The van der Waals surface area contributed by atoms with Crippen LogP contribution in [0, 0.1) is 0 Å². The van der Waals surface area contributed by atoms with E-state index in [1.54, 1.807) is 5.51 Å². The number of carbonyl (C=O) groups is 1. The molecule has 0 aromatic carbocycles. The summed E-state index contributed by atoms with van der Waals surface area (Å²) in [5.41, 5.74) is 8.09. The van der Waals surface area contributed by atoms with Crippen LogP contribution in [0.5, 0.6) is 0 Å². The van der Waals surface area contributed by atoms with Gasteiger partial charge >= 0.3 is 5.97 Å². The van der Waals surface area contributed by atoms with Crippen LogP contribution in [0.1, 0.15) is 18.2 Å². The molecule has 1 atom stereocenters. The zero-order valence-corrected chi connectivity index (χ0v) is 7.50. The van der Waals surface area contributed by atoms with Crippen molar-refractivity contribution in [3.05, 3.63) is 16.6 Å². The molecule has 2 N–H and O–H groups in total. The molecule has 0 aliphatic rings. The molecule has 0 spiro atoms. The second-order valence-corrected chi connectivity index (χ2v) is 3.02. The van der Waals surface area contributed by atoms with Crippen molar-refractivity contribution < 1.29 is 9.53 Å². The van der Waals surface area contributed by atoms with Crippen LogP contribution in [0.4, 0.5) is 0 Å². The maximum atomic E-state index is 10.8. The molecule has 0 aliphatic heterocycles. The third kappa shape index (κ3) is 2.28. The molecule has 1 unspecified atom stereocenters. The first kappa shape index (κ1) is 9.15. The molecule has 0 aliphatic carbocycles. The summed E-state index contributed by atoms with van der Waals surface area (Å²) in [7, 11) is 1.34. The van der Waals surface area contributed by atoms with E-state index >= 15 is 0 Å². The number of carbonyl (C=O) groups excluding carboxylic acids is 1. The SMILES string of the molecule is COC(=O)CC(N)c1cscn1. The molecule has 5 heteroatoms. The number of methoxy groups -OCH3 is 1. The Balaban J connectivity index is 2.49. The van der Waals surface area contributed by atoms with Crippen molar-refractivity contribution in [2.45, 2.75) is 12.5 Å². The lowest BCUT2D eigenvalue weighted by molar-refractivity contribution is -0.141. The number of nitrogens with two attached hydrogens (primary N) is 1. The van der Waals surface area contributed by atoms with Crippen molar-refractivity contribution >= 4 is 17.3 Å². The fourth-order valence-corrected chi connectivity index (χ4v) is 1.39. The Hall–Kier alpha value is -0.940. The van der Waals surface area contributed by atoms with Crippen molar-refractivity contribution in [1.29, 1.82) is 0 Å². The second kappa shape index (κ2) is 4.18. The van der Waals surface area contributed by atoms with Crippen LogP contribution in [0.25, 0.3) is 0 Å². The highest BCUT2D eigenvalue weighted by atomic mass is 32.1. The molecule has 1 rings (SSSR count). The van der Waals surface area contributed by atoms with Crippen molar-refractivity contribution in [1.82, 2.24) is 4.98 Å². The van der Waals surface area contributed by atoms with E-state index in [-0.39, 0.29) is 18.4 Å². The molecule has 0 bridgehead atoms. The third-order valence-corrected chi connectivity index (χ3v) is 2.05. The number of nitrogens with zero attached hydrogens (tertiary/aromatic N) is 1. The fourth-order valence-electron chi connectivity index (χ4n) is 0.772. The van der Waals surface area contributed by atoms with Gasteiger partial charge in [0.2, 0.25) is 0 Å². The Morgan fingerprint density at radius 2 is 2.67 bits per heavy atom. The van der Waals surface area contributed by atoms with Gasteiger partial charge in [0.1, 0.15) is 0 Å². The summed E-state index contributed by atoms with van der Waals surface area (Å²) in [5.74, 6) is -0.310. The van der Waals surface area contributed by atoms with Gasteiger partial charge in [0.25, 0.3) is 0 Å².